The standard InChI is InChI=1S/C13H10N2O2S/c1-9-2-4-10(5-3-9)17-12-11(8-16)15-6-7-18-13(15)14-12/h2-8H,1H3. The highest BCUT2D eigenvalue weighted by atomic mass is 32.1. The zero-order chi connectivity index (χ0) is 12.5. The molecule has 3 aromatic rings. The van der Waals surface area contributed by atoms with Crippen molar-refractivity contribution in [3.05, 3.63) is 47.1 Å². The third kappa shape index (κ3) is 1.78. The highest BCUT2D eigenvalue weighted by Crippen LogP contribution is 2.26. The van der Waals surface area contributed by atoms with Gasteiger partial charge in [-0.25, -0.2) is 0 Å². The van der Waals surface area contributed by atoms with E-state index in [0.29, 0.717) is 17.3 Å². The van der Waals surface area contributed by atoms with Crippen LogP contribution in [0.5, 0.6) is 11.6 Å². The Labute approximate surface area is 107 Å². The Kier molecular flexibility index (Phi) is 2.60. The molecule has 0 bridgehead atoms. The number of hydrogen-bond acceptors (Lipinski definition) is 4. The second-order valence-electron chi connectivity index (χ2n) is 3.89. The van der Waals surface area contributed by atoms with Crippen molar-refractivity contribution in [2.45, 2.75) is 6.92 Å². The number of benzene rings is 1. The van der Waals surface area contributed by atoms with Gasteiger partial charge < -0.3 is 4.74 Å². The number of aldehydes is 1. The van der Waals surface area contributed by atoms with Crippen molar-refractivity contribution in [1.29, 1.82) is 0 Å². The fraction of sp³-hybridized carbons (Fsp3) is 0.0769. The van der Waals surface area contributed by atoms with Gasteiger partial charge in [-0.1, -0.05) is 17.7 Å². The number of carbonyl (C=O) groups is 1. The van der Waals surface area contributed by atoms with E-state index in [1.54, 1.807) is 10.6 Å². The van der Waals surface area contributed by atoms with Gasteiger partial charge in [0.2, 0.25) is 5.88 Å². The highest BCUT2D eigenvalue weighted by Gasteiger charge is 2.14. The summed E-state index contributed by atoms with van der Waals surface area (Å²) < 4.78 is 7.37. The van der Waals surface area contributed by atoms with Crippen LogP contribution < -0.4 is 4.74 Å². The number of aromatic nitrogens is 2. The van der Waals surface area contributed by atoms with Gasteiger partial charge in [-0.3, -0.25) is 9.20 Å². The second kappa shape index (κ2) is 4.27. The second-order valence-corrected chi connectivity index (χ2v) is 4.76. The highest BCUT2D eigenvalue weighted by molar-refractivity contribution is 7.15. The van der Waals surface area contributed by atoms with Crippen molar-refractivity contribution < 1.29 is 9.53 Å². The van der Waals surface area contributed by atoms with E-state index in [9.17, 15) is 4.79 Å². The molecule has 0 fully saturated rings. The summed E-state index contributed by atoms with van der Waals surface area (Å²) in [6.45, 7) is 2.01. The molecule has 0 saturated heterocycles. The van der Waals surface area contributed by atoms with Crippen LogP contribution in [0.25, 0.3) is 4.96 Å². The molecule has 0 aliphatic carbocycles. The molecule has 0 unspecified atom stereocenters. The first-order valence-corrected chi connectivity index (χ1v) is 6.31. The summed E-state index contributed by atoms with van der Waals surface area (Å²) in [4.78, 5) is 16.1. The molecule has 0 saturated carbocycles. The molecule has 18 heavy (non-hydrogen) atoms. The van der Waals surface area contributed by atoms with Crippen molar-refractivity contribution in [2.24, 2.45) is 0 Å². The van der Waals surface area contributed by atoms with E-state index >= 15 is 0 Å². The molecule has 0 spiro atoms. The molecule has 2 aromatic heterocycles. The Morgan fingerprint density at radius 3 is 2.83 bits per heavy atom. The molecule has 0 radical (unpaired) electrons. The summed E-state index contributed by atoms with van der Waals surface area (Å²) in [6, 6.07) is 7.62. The van der Waals surface area contributed by atoms with Crippen LogP contribution in [0.1, 0.15) is 16.1 Å². The molecule has 1 aromatic carbocycles. The van der Waals surface area contributed by atoms with Gasteiger partial charge in [-0.05, 0) is 19.1 Å². The van der Waals surface area contributed by atoms with E-state index in [1.165, 1.54) is 11.3 Å². The largest absolute Gasteiger partial charge is 0.437 e. The average molecular weight is 258 g/mol. The predicted octanol–water partition coefficient (Wildman–Crippen LogP) is 3.31. The minimum atomic E-state index is 0.348. The number of nitrogens with zero attached hydrogens (tertiary/aromatic N) is 2. The van der Waals surface area contributed by atoms with Crippen molar-refractivity contribution in [1.82, 2.24) is 9.38 Å². The number of hydrogen-bond donors (Lipinski definition) is 0. The summed E-state index contributed by atoms with van der Waals surface area (Å²) in [5.74, 6) is 1.02. The fourth-order valence-electron chi connectivity index (χ4n) is 1.68. The third-order valence-corrected chi connectivity index (χ3v) is 3.37. The summed E-state index contributed by atoms with van der Waals surface area (Å²) >= 11 is 1.46. The molecule has 3 rings (SSSR count). The molecule has 4 nitrogen and oxygen atoms in total. The van der Waals surface area contributed by atoms with Gasteiger partial charge in [0.05, 0.1) is 0 Å². The number of imidazole rings is 1. The minimum absolute atomic E-state index is 0.348. The zero-order valence-electron chi connectivity index (χ0n) is 9.66. The molecular formula is C13H10N2O2S. The normalized spacial score (nSPS) is 10.7. The topological polar surface area (TPSA) is 43.6 Å². The predicted molar refractivity (Wildman–Crippen MR) is 69.7 cm³/mol. The van der Waals surface area contributed by atoms with Gasteiger partial charge in [0.1, 0.15) is 5.75 Å². The molecule has 5 heteroatoms. The van der Waals surface area contributed by atoms with Crippen LogP contribution in [0.2, 0.25) is 0 Å². The lowest BCUT2D eigenvalue weighted by atomic mass is 10.2. The van der Waals surface area contributed by atoms with Gasteiger partial charge in [0.15, 0.2) is 16.9 Å². The summed E-state index contributed by atoms with van der Waals surface area (Å²) in [6.07, 6.45) is 2.56. The smallest absolute Gasteiger partial charge is 0.250 e. The SMILES string of the molecule is Cc1ccc(Oc2nc3sccn3c2C=O)cc1. The van der Waals surface area contributed by atoms with Gasteiger partial charge in [-0.2, -0.15) is 4.98 Å². The van der Waals surface area contributed by atoms with Gasteiger partial charge >= 0.3 is 0 Å². The first-order chi connectivity index (χ1) is 8.78. The number of aryl methyl sites for hydroxylation is 1. The van der Waals surface area contributed by atoms with Gasteiger partial charge in [-0.15, -0.1) is 11.3 Å². The van der Waals surface area contributed by atoms with E-state index in [2.05, 4.69) is 4.98 Å². The van der Waals surface area contributed by atoms with E-state index in [-0.39, 0.29) is 0 Å². The fourth-order valence-corrected chi connectivity index (χ4v) is 2.40. The Morgan fingerprint density at radius 2 is 2.11 bits per heavy atom. The lowest BCUT2D eigenvalue weighted by molar-refractivity contribution is 0.111. The van der Waals surface area contributed by atoms with Crippen molar-refractivity contribution in [3.8, 4) is 11.6 Å². The summed E-state index contributed by atoms with van der Waals surface area (Å²) in [5.41, 5.74) is 1.59. The monoisotopic (exact) mass is 258 g/mol. The van der Waals surface area contributed by atoms with Crippen LogP contribution in [0.4, 0.5) is 0 Å². The van der Waals surface area contributed by atoms with E-state index in [1.807, 2.05) is 36.6 Å². The molecular weight excluding hydrogens is 248 g/mol. The Morgan fingerprint density at radius 1 is 1.33 bits per heavy atom. The van der Waals surface area contributed by atoms with Crippen molar-refractivity contribution >= 4 is 22.6 Å². The first-order valence-electron chi connectivity index (χ1n) is 5.43. The van der Waals surface area contributed by atoms with Crippen LogP contribution in [-0.4, -0.2) is 15.7 Å². The molecule has 0 N–H and O–H groups in total. The van der Waals surface area contributed by atoms with Crippen LogP contribution >= 0.6 is 11.3 Å². The number of fused-ring (bicyclic) bond motifs is 1. The first kappa shape index (κ1) is 11.0. The Balaban J connectivity index is 2.01. The molecule has 0 amide bonds. The summed E-state index contributed by atoms with van der Waals surface area (Å²) in [7, 11) is 0. The van der Waals surface area contributed by atoms with Gasteiger partial charge in [0.25, 0.3) is 0 Å². The molecule has 2 heterocycles. The minimum Gasteiger partial charge on any atom is -0.437 e. The lowest BCUT2D eigenvalue weighted by Gasteiger charge is -2.03. The van der Waals surface area contributed by atoms with E-state index in [4.69, 9.17) is 4.74 Å². The maximum atomic E-state index is 11.1. The third-order valence-electron chi connectivity index (χ3n) is 2.61. The number of rotatable bonds is 3. The lowest BCUT2D eigenvalue weighted by Crippen LogP contribution is -1.91. The average Bonchev–Trinajstić information content (AvgIpc) is 2.92. The van der Waals surface area contributed by atoms with Crippen LogP contribution in [0, 0.1) is 6.92 Å². The molecule has 0 aliphatic heterocycles. The molecule has 0 atom stereocenters. The summed E-state index contributed by atoms with van der Waals surface area (Å²) in [5, 5.41) is 1.88. The maximum Gasteiger partial charge on any atom is 0.250 e. The Hall–Kier alpha value is -2.14. The number of ether oxygens (including phenoxy) is 1. The van der Waals surface area contributed by atoms with Crippen LogP contribution in [0.3, 0.4) is 0 Å². The van der Waals surface area contributed by atoms with E-state index < -0.39 is 0 Å². The van der Waals surface area contributed by atoms with Gasteiger partial charge in [0, 0.05) is 11.6 Å². The quantitative estimate of drug-likeness (QED) is 0.677. The molecule has 0 aliphatic rings. The number of carbonyl (C=O) groups excluding carboxylic acids is 1. The molecule has 90 valence electrons. The Bertz CT molecular complexity index is 697. The maximum absolute atomic E-state index is 11.1. The zero-order valence-corrected chi connectivity index (χ0v) is 10.5. The van der Waals surface area contributed by atoms with E-state index in [0.717, 1.165) is 16.8 Å². The number of thiazole rings is 1. The van der Waals surface area contributed by atoms with Crippen LogP contribution in [0.15, 0.2) is 35.8 Å². The van der Waals surface area contributed by atoms with Crippen molar-refractivity contribution in [3.63, 3.8) is 0 Å². The van der Waals surface area contributed by atoms with Crippen LogP contribution in [-0.2, 0) is 0 Å². The van der Waals surface area contributed by atoms with Crippen molar-refractivity contribution in [2.75, 3.05) is 0 Å².